The maximum absolute atomic E-state index is 14.1. The van der Waals surface area contributed by atoms with Gasteiger partial charge in [0.15, 0.2) is 11.6 Å². The first-order chi connectivity index (χ1) is 12.9. The fraction of sp³-hybridized carbons (Fsp3) is 0.421. The lowest BCUT2D eigenvalue weighted by Crippen LogP contribution is -2.22. The summed E-state index contributed by atoms with van der Waals surface area (Å²) in [5, 5.41) is 17.8. The third kappa shape index (κ3) is 4.16. The summed E-state index contributed by atoms with van der Waals surface area (Å²) in [6.45, 7) is 5.25. The van der Waals surface area contributed by atoms with Crippen LogP contribution in [0.3, 0.4) is 0 Å². The Balaban J connectivity index is 1.89. The van der Waals surface area contributed by atoms with Crippen LogP contribution in [0.25, 0.3) is 0 Å². The van der Waals surface area contributed by atoms with Crippen LogP contribution < -0.4 is 15.4 Å². The Morgan fingerprint density at radius 1 is 1.41 bits per heavy atom. The van der Waals surface area contributed by atoms with Crippen molar-refractivity contribution < 1.29 is 14.2 Å². The molecule has 2 heterocycles. The van der Waals surface area contributed by atoms with Crippen molar-refractivity contribution in [3.05, 3.63) is 41.6 Å². The number of benzene rings is 1. The summed E-state index contributed by atoms with van der Waals surface area (Å²) in [5.74, 6) is 0.415. The molecular weight excluding hydrogens is 349 g/mol. The normalized spacial score (nSPS) is 16.8. The van der Waals surface area contributed by atoms with Gasteiger partial charge in [0.05, 0.1) is 17.5 Å². The van der Waals surface area contributed by atoms with Crippen molar-refractivity contribution in [2.24, 2.45) is 5.92 Å². The number of nitrogens with two attached hydrogens (primary N) is 1. The van der Waals surface area contributed by atoms with E-state index in [-0.39, 0.29) is 35.8 Å². The third-order valence-corrected chi connectivity index (χ3v) is 4.51. The fourth-order valence-corrected chi connectivity index (χ4v) is 3.11. The Bertz CT molecular complexity index is 843. The van der Waals surface area contributed by atoms with Crippen molar-refractivity contribution in [2.45, 2.75) is 26.4 Å². The molecule has 1 aromatic carbocycles. The van der Waals surface area contributed by atoms with Crippen molar-refractivity contribution in [1.82, 2.24) is 9.97 Å². The second kappa shape index (κ2) is 7.87. The number of aromatic nitrogens is 2. The number of halogens is 1. The van der Waals surface area contributed by atoms with Gasteiger partial charge in [0, 0.05) is 49.0 Å². The Kier molecular flexibility index (Phi) is 5.55. The molecule has 1 aliphatic rings. The molecular formula is C19H24FN5O2. The van der Waals surface area contributed by atoms with Gasteiger partial charge in [0.25, 0.3) is 0 Å². The van der Waals surface area contributed by atoms with Crippen molar-refractivity contribution in [2.75, 3.05) is 30.3 Å². The maximum Gasteiger partial charge on any atom is 0.167 e. The van der Waals surface area contributed by atoms with E-state index in [1.165, 1.54) is 12.4 Å². The molecule has 3 rings (SSSR count). The highest BCUT2D eigenvalue weighted by Gasteiger charge is 2.24. The first kappa shape index (κ1) is 19.0. The number of hydrogen-bond acceptors (Lipinski definition) is 7. The average molecular weight is 373 g/mol. The number of nitrogens with zero attached hydrogens (tertiary/aromatic N) is 3. The number of rotatable bonds is 6. The lowest BCUT2D eigenvalue weighted by molar-refractivity contribution is 0.231. The van der Waals surface area contributed by atoms with Crippen LogP contribution in [0.2, 0.25) is 0 Å². The number of aliphatic hydroxyl groups excluding tert-OH is 1. The van der Waals surface area contributed by atoms with Crippen LogP contribution in [-0.2, 0) is 0 Å². The van der Waals surface area contributed by atoms with Crippen molar-refractivity contribution in [1.29, 1.82) is 5.41 Å². The van der Waals surface area contributed by atoms with Crippen LogP contribution in [0.15, 0.2) is 24.5 Å². The summed E-state index contributed by atoms with van der Waals surface area (Å²) >= 11 is 0. The minimum absolute atomic E-state index is 0.0542. The van der Waals surface area contributed by atoms with E-state index in [0.29, 0.717) is 23.6 Å². The summed E-state index contributed by atoms with van der Waals surface area (Å²) in [6.07, 6.45) is 2.09. The zero-order valence-electron chi connectivity index (χ0n) is 15.4. The molecule has 0 bridgehead atoms. The molecule has 1 aromatic heterocycles. The van der Waals surface area contributed by atoms with Crippen LogP contribution in [0.5, 0.6) is 5.75 Å². The number of aliphatic hydroxyl groups is 1. The number of nitrogens with one attached hydrogen (secondary N) is 1. The van der Waals surface area contributed by atoms with Crippen LogP contribution >= 0.6 is 0 Å². The van der Waals surface area contributed by atoms with Crippen molar-refractivity contribution in [3.8, 4) is 5.75 Å². The Morgan fingerprint density at radius 2 is 2.19 bits per heavy atom. The lowest BCUT2D eigenvalue weighted by atomic mass is 10.0. The average Bonchev–Trinajstić information content (AvgIpc) is 3.12. The molecule has 1 atom stereocenters. The van der Waals surface area contributed by atoms with E-state index in [0.717, 1.165) is 19.0 Å². The van der Waals surface area contributed by atoms with Gasteiger partial charge in [-0.2, -0.15) is 0 Å². The van der Waals surface area contributed by atoms with E-state index in [9.17, 15) is 9.50 Å². The fourth-order valence-electron chi connectivity index (χ4n) is 3.11. The molecule has 1 saturated heterocycles. The zero-order chi connectivity index (χ0) is 19.6. The summed E-state index contributed by atoms with van der Waals surface area (Å²) in [4.78, 5) is 10.5. The predicted octanol–water partition coefficient (Wildman–Crippen LogP) is 2.22. The SMILES string of the molecule is CC(C)Oc1cc(C(=N)c2cc(N3CCC(CO)C3)ncn2)c(N)cc1F. The van der Waals surface area contributed by atoms with Crippen molar-refractivity contribution in [3.63, 3.8) is 0 Å². The molecule has 0 radical (unpaired) electrons. The molecule has 0 amide bonds. The smallest absolute Gasteiger partial charge is 0.167 e. The first-order valence-electron chi connectivity index (χ1n) is 8.91. The number of nitrogen functional groups attached to an aromatic ring is 1. The van der Waals surface area contributed by atoms with Crippen molar-refractivity contribution >= 4 is 17.2 Å². The third-order valence-electron chi connectivity index (χ3n) is 4.51. The molecule has 0 aliphatic carbocycles. The molecule has 1 fully saturated rings. The first-order valence-corrected chi connectivity index (χ1v) is 8.91. The lowest BCUT2D eigenvalue weighted by Gasteiger charge is -2.18. The second-order valence-corrected chi connectivity index (χ2v) is 6.96. The molecule has 0 saturated carbocycles. The highest BCUT2D eigenvalue weighted by molar-refractivity contribution is 6.13. The zero-order valence-corrected chi connectivity index (χ0v) is 15.4. The topological polar surface area (TPSA) is 108 Å². The second-order valence-electron chi connectivity index (χ2n) is 6.96. The van der Waals surface area contributed by atoms with Gasteiger partial charge in [0.2, 0.25) is 0 Å². The van der Waals surface area contributed by atoms with E-state index in [4.69, 9.17) is 15.9 Å². The highest BCUT2D eigenvalue weighted by Crippen LogP contribution is 2.28. The van der Waals surface area contributed by atoms with Gasteiger partial charge in [-0.3, -0.25) is 5.41 Å². The van der Waals surface area contributed by atoms with Crippen LogP contribution in [0.4, 0.5) is 15.9 Å². The number of anilines is 2. The molecule has 7 nitrogen and oxygen atoms in total. The Labute approximate surface area is 157 Å². The largest absolute Gasteiger partial charge is 0.488 e. The van der Waals surface area contributed by atoms with Gasteiger partial charge in [-0.25, -0.2) is 14.4 Å². The predicted molar refractivity (Wildman–Crippen MR) is 102 cm³/mol. The summed E-state index contributed by atoms with van der Waals surface area (Å²) in [7, 11) is 0. The summed E-state index contributed by atoms with van der Waals surface area (Å²) in [5.41, 5.74) is 6.90. The summed E-state index contributed by atoms with van der Waals surface area (Å²) < 4.78 is 19.5. The van der Waals surface area contributed by atoms with Gasteiger partial charge < -0.3 is 20.5 Å². The number of ether oxygens (including phenoxy) is 1. The van der Waals surface area contributed by atoms with Crippen LogP contribution in [-0.4, -0.2) is 46.6 Å². The van der Waals surface area contributed by atoms with Crippen LogP contribution in [0.1, 0.15) is 31.5 Å². The van der Waals surface area contributed by atoms with E-state index in [1.54, 1.807) is 19.9 Å². The molecule has 27 heavy (non-hydrogen) atoms. The molecule has 4 N–H and O–H groups in total. The molecule has 1 aliphatic heterocycles. The maximum atomic E-state index is 14.1. The Hall–Kier alpha value is -2.74. The Morgan fingerprint density at radius 3 is 2.85 bits per heavy atom. The van der Waals surface area contributed by atoms with Gasteiger partial charge in [-0.1, -0.05) is 0 Å². The minimum Gasteiger partial charge on any atom is -0.488 e. The van der Waals surface area contributed by atoms with Gasteiger partial charge in [-0.15, -0.1) is 0 Å². The minimum atomic E-state index is -0.562. The van der Waals surface area contributed by atoms with E-state index in [1.807, 2.05) is 0 Å². The number of hydrogen-bond donors (Lipinski definition) is 3. The molecule has 1 unspecified atom stereocenters. The molecule has 0 spiro atoms. The van der Waals surface area contributed by atoms with E-state index >= 15 is 0 Å². The van der Waals surface area contributed by atoms with Crippen LogP contribution in [0, 0.1) is 17.1 Å². The monoisotopic (exact) mass is 373 g/mol. The van der Waals surface area contributed by atoms with E-state index in [2.05, 4.69) is 14.9 Å². The standard InChI is InChI=1S/C19H24FN5O2/c1-11(2)27-17-5-13(15(21)6-14(17)20)19(22)16-7-18(24-10-23-16)25-4-3-12(8-25)9-26/h5-7,10-12,22,26H,3-4,8-9,21H2,1-2H3. The summed E-state index contributed by atoms with van der Waals surface area (Å²) in [6, 6.07) is 4.32. The molecule has 2 aromatic rings. The highest BCUT2D eigenvalue weighted by atomic mass is 19.1. The molecule has 144 valence electrons. The quantitative estimate of drug-likeness (QED) is 0.529. The van der Waals surface area contributed by atoms with Gasteiger partial charge >= 0.3 is 0 Å². The van der Waals surface area contributed by atoms with E-state index < -0.39 is 5.82 Å². The van der Waals surface area contributed by atoms with Gasteiger partial charge in [-0.05, 0) is 26.3 Å². The molecule has 8 heteroatoms. The van der Waals surface area contributed by atoms with Gasteiger partial charge in [0.1, 0.15) is 12.1 Å².